The topological polar surface area (TPSA) is 87.2 Å². The van der Waals surface area contributed by atoms with Crippen molar-refractivity contribution in [2.45, 2.75) is 50.2 Å². The standard InChI is InChI=1S/C17H21N3O3/c21-16(17(22)7-1-2-8-17)18-11-5-6-12-13(10-11)20-15(19-12)14-4-3-9-23-14/h5-6,10,14,22H,1-4,7-9H2,(H,18,21)(H,19,20). The molecule has 2 fully saturated rings. The second-order valence-corrected chi connectivity index (χ2v) is 6.55. The van der Waals surface area contributed by atoms with Crippen LogP contribution in [0.4, 0.5) is 5.69 Å². The Bertz CT molecular complexity index is 728. The summed E-state index contributed by atoms with van der Waals surface area (Å²) in [5.74, 6) is 0.531. The first-order chi connectivity index (χ1) is 11.1. The zero-order valence-corrected chi connectivity index (χ0v) is 13.0. The van der Waals surface area contributed by atoms with Crippen LogP contribution in [0.15, 0.2) is 18.2 Å². The van der Waals surface area contributed by atoms with Crippen molar-refractivity contribution < 1.29 is 14.6 Å². The van der Waals surface area contributed by atoms with E-state index in [4.69, 9.17) is 4.74 Å². The largest absolute Gasteiger partial charge is 0.380 e. The molecule has 2 aliphatic rings. The Kier molecular flexibility index (Phi) is 3.58. The lowest BCUT2D eigenvalue weighted by Gasteiger charge is -2.20. The van der Waals surface area contributed by atoms with Gasteiger partial charge >= 0.3 is 0 Å². The van der Waals surface area contributed by atoms with Crippen molar-refractivity contribution >= 4 is 22.6 Å². The maximum absolute atomic E-state index is 12.3. The number of H-pyrrole nitrogens is 1. The number of carbonyl (C=O) groups is 1. The van der Waals surface area contributed by atoms with Crippen LogP contribution < -0.4 is 5.32 Å². The van der Waals surface area contributed by atoms with Gasteiger partial charge in [-0.1, -0.05) is 0 Å². The molecule has 1 unspecified atom stereocenters. The average molecular weight is 315 g/mol. The molecule has 1 aromatic carbocycles. The predicted molar refractivity (Wildman–Crippen MR) is 86.1 cm³/mol. The highest BCUT2D eigenvalue weighted by Crippen LogP contribution is 2.31. The average Bonchev–Trinajstić information content (AvgIpc) is 3.27. The van der Waals surface area contributed by atoms with Crippen LogP contribution >= 0.6 is 0 Å². The van der Waals surface area contributed by atoms with E-state index in [0.29, 0.717) is 18.5 Å². The number of amides is 1. The van der Waals surface area contributed by atoms with Crippen molar-refractivity contribution in [3.8, 4) is 0 Å². The van der Waals surface area contributed by atoms with Gasteiger partial charge in [-0.25, -0.2) is 4.98 Å². The number of rotatable bonds is 3. The van der Waals surface area contributed by atoms with Crippen LogP contribution in [0.25, 0.3) is 11.0 Å². The summed E-state index contributed by atoms with van der Waals surface area (Å²) in [6.45, 7) is 0.779. The molecule has 1 saturated heterocycles. The molecule has 6 nitrogen and oxygen atoms in total. The van der Waals surface area contributed by atoms with Gasteiger partial charge in [0.1, 0.15) is 17.5 Å². The lowest BCUT2D eigenvalue weighted by molar-refractivity contribution is -0.133. The van der Waals surface area contributed by atoms with Crippen molar-refractivity contribution in [3.05, 3.63) is 24.0 Å². The van der Waals surface area contributed by atoms with Gasteiger partial charge in [0.2, 0.25) is 0 Å². The van der Waals surface area contributed by atoms with Crippen LogP contribution in [0.5, 0.6) is 0 Å². The summed E-state index contributed by atoms with van der Waals surface area (Å²) < 4.78 is 5.65. The van der Waals surface area contributed by atoms with Gasteiger partial charge in [0.25, 0.3) is 5.91 Å². The minimum Gasteiger partial charge on any atom is -0.380 e. The molecule has 1 aliphatic carbocycles. The number of carbonyl (C=O) groups excluding carboxylic acids is 1. The van der Waals surface area contributed by atoms with Gasteiger partial charge in [0.15, 0.2) is 0 Å². The van der Waals surface area contributed by atoms with E-state index in [0.717, 1.165) is 49.1 Å². The number of imidazole rings is 1. The van der Waals surface area contributed by atoms with E-state index < -0.39 is 5.60 Å². The molecule has 3 N–H and O–H groups in total. The second-order valence-electron chi connectivity index (χ2n) is 6.55. The van der Waals surface area contributed by atoms with E-state index in [-0.39, 0.29) is 12.0 Å². The molecular formula is C17H21N3O3. The van der Waals surface area contributed by atoms with Gasteiger partial charge in [-0.05, 0) is 56.7 Å². The molecule has 4 rings (SSSR count). The first-order valence-corrected chi connectivity index (χ1v) is 8.29. The summed E-state index contributed by atoms with van der Waals surface area (Å²) in [5, 5.41) is 13.2. The van der Waals surface area contributed by atoms with Crippen LogP contribution in [-0.4, -0.2) is 33.2 Å². The monoisotopic (exact) mass is 315 g/mol. The predicted octanol–water partition coefficient (Wildman–Crippen LogP) is 2.66. The molecule has 1 saturated carbocycles. The van der Waals surface area contributed by atoms with Crippen molar-refractivity contribution in [2.75, 3.05) is 11.9 Å². The molecule has 122 valence electrons. The third kappa shape index (κ3) is 2.72. The number of fused-ring (bicyclic) bond motifs is 1. The number of hydrogen-bond acceptors (Lipinski definition) is 4. The van der Waals surface area contributed by atoms with E-state index in [1.807, 2.05) is 18.2 Å². The van der Waals surface area contributed by atoms with E-state index >= 15 is 0 Å². The zero-order valence-electron chi connectivity index (χ0n) is 13.0. The maximum atomic E-state index is 12.3. The van der Waals surface area contributed by atoms with Gasteiger partial charge in [-0.15, -0.1) is 0 Å². The molecule has 1 atom stereocenters. The van der Waals surface area contributed by atoms with Crippen LogP contribution in [0.1, 0.15) is 50.5 Å². The number of aromatic nitrogens is 2. The van der Waals surface area contributed by atoms with Crippen LogP contribution in [0.2, 0.25) is 0 Å². The van der Waals surface area contributed by atoms with Crippen LogP contribution in [0, 0.1) is 0 Å². The summed E-state index contributed by atoms with van der Waals surface area (Å²) in [6, 6.07) is 5.55. The second kappa shape index (κ2) is 5.62. The molecule has 1 aliphatic heterocycles. The molecule has 23 heavy (non-hydrogen) atoms. The van der Waals surface area contributed by atoms with E-state index in [1.54, 1.807) is 0 Å². The Hall–Kier alpha value is -1.92. The number of anilines is 1. The first-order valence-electron chi connectivity index (χ1n) is 8.29. The number of aromatic amines is 1. The molecular weight excluding hydrogens is 294 g/mol. The minimum atomic E-state index is -1.22. The minimum absolute atomic E-state index is 0.0413. The lowest BCUT2D eigenvalue weighted by atomic mass is 10.0. The molecule has 2 aromatic rings. The summed E-state index contributed by atoms with van der Waals surface area (Å²) in [4.78, 5) is 20.1. The summed E-state index contributed by atoms with van der Waals surface area (Å²) in [6.07, 6.45) is 4.95. The third-order valence-corrected chi connectivity index (χ3v) is 4.85. The lowest BCUT2D eigenvalue weighted by Crippen LogP contribution is -2.40. The number of hydrogen-bond donors (Lipinski definition) is 3. The Labute approximate surface area is 134 Å². The van der Waals surface area contributed by atoms with Gasteiger partial charge in [0, 0.05) is 12.3 Å². The maximum Gasteiger partial charge on any atom is 0.256 e. The number of aliphatic hydroxyl groups is 1. The molecule has 0 spiro atoms. The number of nitrogens with one attached hydrogen (secondary N) is 2. The Morgan fingerprint density at radius 3 is 2.91 bits per heavy atom. The summed E-state index contributed by atoms with van der Waals surface area (Å²) in [5.41, 5.74) is 1.18. The highest BCUT2D eigenvalue weighted by atomic mass is 16.5. The normalized spacial score (nSPS) is 23.4. The SMILES string of the molecule is O=C(Nc1ccc2nc(C3CCCO3)[nH]c2c1)C1(O)CCCC1. The summed E-state index contributed by atoms with van der Waals surface area (Å²) >= 11 is 0. The fourth-order valence-corrected chi connectivity index (χ4v) is 3.49. The molecule has 0 bridgehead atoms. The molecule has 1 amide bonds. The number of benzene rings is 1. The third-order valence-electron chi connectivity index (χ3n) is 4.85. The van der Waals surface area contributed by atoms with Crippen molar-refractivity contribution in [1.82, 2.24) is 9.97 Å². The van der Waals surface area contributed by atoms with Crippen molar-refractivity contribution in [1.29, 1.82) is 0 Å². The first kappa shape index (κ1) is 14.7. The zero-order chi connectivity index (χ0) is 15.9. The molecule has 2 heterocycles. The smallest absolute Gasteiger partial charge is 0.256 e. The van der Waals surface area contributed by atoms with E-state index in [1.165, 1.54) is 0 Å². The van der Waals surface area contributed by atoms with E-state index in [2.05, 4.69) is 15.3 Å². The van der Waals surface area contributed by atoms with Crippen molar-refractivity contribution in [2.24, 2.45) is 0 Å². The number of ether oxygens (including phenoxy) is 1. The van der Waals surface area contributed by atoms with Gasteiger partial charge in [-0.2, -0.15) is 0 Å². The van der Waals surface area contributed by atoms with Crippen LogP contribution in [0.3, 0.4) is 0 Å². The fourth-order valence-electron chi connectivity index (χ4n) is 3.49. The Morgan fingerprint density at radius 2 is 2.17 bits per heavy atom. The fraction of sp³-hybridized carbons (Fsp3) is 0.529. The Morgan fingerprint density at radius 1 is 1.35 bits per heavy atom. The van der Waals surface area contributed by atoms with Gasteiger partial charge < -0.3 is 20.1 Å². The highest BCUT2D eigenvalue weighted by molar-refractivity contribution is 5.98. The van der Waals surface area contributed by atoms with Gasteiger partial charge in [-0.3, -0.25) is 4.79 Å². The molecule has 1 aromatic heterocycles. The van der Waals surface area contributed by atoms with Crippen LogP contribution in [-0.2, 0) is 9.53 Å². The number of nitrogens with zero attached hydrogens (tertiary/aromatic N) is 1. The molecule has 6 heteroatoms. The molecule has 0 radical (unpaired) electrons. The van der Waals surface area contributed by atoms with Gasteiger partial charge in [0.05, 0.1) is 11.0 Å². The highest BCUT2D eigenvalue weighted by Gasteiger charge is 2.38. The quantitative estimate of drug-likeness (QED) is 0.812. The van der Waals surface area contributed by atoms with E-state index in [9.17, 15) is 9.90 Å². The Balaban J connectivity index is 1.55. The summed E-state index contributed by atoms with van der Waals surface area (Å²) in [7, 11) is 0. The van der Waals surface area contributed by atoms with Crippen molar-refractivity contribution in [3.63, 3.8) is 0 Å².